The van der Waals surface area contributed by atoms with Crippen molar-refractivity contribution in [2.75, 3.05) is 32.7 Å². The van der Waals surface area contributed by atoms with E-state index in [4.69, 9.17) is 20.2 Å². The van der Waals surface area contributed by atoms with Crippen molar-refractivity contribution < 1.29 is 14.3 Å². The molecule has 0 saturated carbocycles. The van der Waals surface area contributed by atoms with Gasteiger partial charge in [-0.05, 0) is 67.2 Å². The summed E-state index contributed by atoms with van der Waals surface area (Å²) in [6.07, 6.45) is 4.42. The molecule has 35 heavy (non-hydrogen) atoms. The fourth-order valence-corrected chi connectivity index (χ4v) is 5.95. The first kappa shape index (κ1) is 24.1. The van der Waals surface area contributed by atoms with Gasteiger partial charge in [0.2, 0.25) is 12.7 Å². The van der Waals surface area contributed by atoms with Crippen LogP contribution in [0.15, 0.2) is 33.0 Å². The summed E-state index contributed by atoms with van der Waals surface area (Å²) in [5.41, 5.74) is 7.46. The predicted octanol–water partition coefficient (Wildman–Crippen LogP) is 3.29. The van der Waals surface area contributed by atoms with E-state index in [-0.39, 0.29) is 18.7 Å². The minimum absolute atomic E-state index is 0.149. The minimum Gasteiger partial charge on any atom is -0.454 e. The number of nitrogen functional groups attached to an aromatic ring is 1. The first-order valence-corrected chi connectivity index (χ1v) is 13.2. The number of nitrogens with one attached hydrogen (secondary N) is 1. The second kappa shape index (κ2) is 10.2. The van der Waals surface area contributed by atoms with Gasteiger partial charge in [0, 0.05) is 29.0 Å². The maximum absolute atomic E-state index is 12.5. The number of carbonyl (C=O) groups excluding carboxylic acids is 1. The highest BCUT2D eigenvalue weighted by atomic mass is 79.9. The van der Waals surface area contributed by atoms with Crippen LogP contribution in [0.4, 0.5) is 5.82 Å². The Morgan fingerprint density at radius 3 is 2.77 bits per heavy atom. The molecule has 0 aliphatic carbocycles. The molecule has 2 aliphatic rings. The predicted molar refractivity (Wildman–Crippen MR) is 137 cm³/mol. The highest BCUT2D eigenvalue weighted by Crippen LogP contribution is 2.43. The molecule has 3 aromatic rings. The van der Waals surface area contributed by atoms with Gasteiger partial charge < -0.3 is 30.0 Å². The van der Waals surface area contributed by atoms with Crippen LogP contribution in [0.5, 0.6) is 11.5 Å². The van der Waals surface area contributed by atoms with Gasteiger partial charge in [-0.15, -0.1) is 0 Å². The van der Waals surface area contributed by atoms with E-state index in [0.717, 1.165) is 64.8 Å². The number of hydrogen-bond donors (Lipinski definition) is 2. The van der Waals surface area contributed by atoms with Gasteiger partial charge in [-0.1, -0.05) is 11.8 Å². The zero-order valence-corrected chi connectivity index (χ0v) is 22.1. The van der Waals surface area contributed by atoms with Crippen molar-refractivity contribution in [1.29, 1.82) is 0 Å². The minimum atomic E-state index is -0.149. The summed E-state index contributed by atoms with van der Waals surface area (Å²) in [5.74, 6) is 2.50. The molecule has 2 aliphatic heterocycles. The zero-order valence-electron chi connectivity index (χ0n) is 19.7. The zero-order chi connectivity index (χ0) is 24.5. The largest absolute Gasteiger partial charge is 0.454 e. The SMILES string of the molecule is CN[C@@H](C)C(=O)N1CCC(CCn2c(Sc3cc4c(cc3Br)OCO4)nc3c(N)ncnc32)CC1. The molecule has 1 aromatic carbocycles. The van der Waals surface area contributed by atoms with Gasteiger partial charge in [0.25, 0.3) is 0 Å². The van der Waals surface area contributed by atoms with Crippen LogP contribution in [-0.2, 0) is 11.3 Å². The Bertz CT molecular complexity index is 1250. The van der Waals surface area contributed by atoms with Crippen molar-refractivity contribution in [3.05, 3.63) is 22.9 Å². The number of imidazole rings is 1. The second-order valence-electron chi connectivity index (χ2n) is 8.78. The summed E-state index contributed by atoms with van der Waals surface area (Å²) in [6.45, 7) is 4.47. The highest BCUT2D eigenvalue weighted by Gasteiger charge is 2.26. The maximum Gasteiger partial charge on any atom is 0.239 e. The number of likely N-dealkylation sites (tertiary alicyclic amines) is 1. The van der Waals surface area contributed by atoms with E-state index in [1.165, 1.54) is 18.1 Å². The number of nitrogens with zero attached hydrogens (tertiary/aromatic N) is 5. The lowest BCUT2D eigenvalue weighted by Crippen LogP contribution is -2.47. The van der Waals surface area contributed by atoms with Crippen LogP contribution in [-0.4, -0.2) is 63.3 Å². The summed E-state index contributed by atoms with van der Waals surface area (Å²) in [5, 5.41) is 3.83. The number of piperidine rings is 1. The number of aryl methyl sites for hydroxylation is 1. The molecule has 0 spiro atoms. The number of fused-ring (bicyclic) bond motifs is 2. The van der Waals surface area contributed by atoms with E-state index in [0.29, 0.717) is 23.0 Å². The number of rotatable bonds is 7. The molecule has 186 valence electrons. The average Bonchev–Trinajstić information content (AvgIpc) is 3.47. The second-order valence-corrected chi connectivity index (χ2v) is 10.6. The normalized spacial score (nSPS) is 16.7. The molecule has 1 fully saturated rings. The van der Waals surface area contributed by atoms with Crippen LogP contribution in [0, 0.1) is 5.92 Å². The van der Waals surface area contributed by atoms with E-state index in [9.17, 15) is 4.79 Å². The van der Waals surface area contributed by atoms with Crippen molar-refractivity contribution >= 4 is 50.6 Å². The molecular formula is C23H28BrN7O3S. The molecule has 3 N–H and O–H groups in total. The van der Waals surface area contributed by atoms with Crippen molar-refractivity contribution in [2.24, 2.45) is 5.92 Å². The molecule has 1 atom stereocenters. The topological polar surface area (TPSA) is 120 Å². The monoisotopic (exact) mass is 561 g/mol. The molecule has 5 rings (SSSR count). The van der Waals surface area contributed by atoms with Crippen molar-refractivity contribution in [3.8, 4) is 11.5 Å². The number of halogens is 1. The lowest BCUT2D eigenvalue weighted by Gasteiger charge is -2.33. The van der Waals surface area contributed by atoms with Gasteiger partial charge in [0.15, 0.2) is 33.6 Å². The molecular weight excluding hydrogens is 534 g/mol. The standard InChI is InChI=1S/C23H28BrN7O3S/c1-13(26-2)22(32)30-6-3-14(4-7-30)5-8-31-21-19(20(25)27-11-28-21)29-23(31)35-18-10-17-16(9-15(18)24)33-12-34-17/h9-11,13-14,26H,3-8,12H2,1-2H3,(H2,25,27,28)/t13-/m0/s1. The molecule has 1 saturated heterocycles. The van der Waals surface area contributed by atoms with Gasteiger partial charge in [-0.3, -0.25) is 4.79 Å². The van der Waals surface area contributed by atoms with E-state index < -0.39 is 0 Å². The Balaban J connectivity index is 1.33. The molecule has 4 heterocycles. The molecule has 12 heteroatoms. The van der Waals surface area contributed by atoms with E-state index in [2.05, 4.69) is 35.8 Å². The van der Waals surface area contributed by atoms with Crippen LogP contribution in [0.3, 0.4) is 0 Å². The number of anilines is 1. The fraction of sp³-hybridized carbons (Fsp3) is 0.478. The number of ether oxygens (including phenoxy) is 2. The third-order valence-corrected chi connectivity index (χ3v) is 8.61. The fourth-order valence-electron chi connectivity index (χ4n) is 4.44. The van der Waals surface area contributed by atoms with Crippen molar-refractivity contribution in [3.63, 3.8) is 0 Å². The van der Waals surface area contributed by atoms with Crippen molar-refractivity contribution in [2.45, 2.75) is 48.8 Å². The lowest BCUT2D eigenvalue weighted by molar-refractivity contribution is -0.134. The van der Waals surface area contributed by atoms with Crippen molar-refractivity contribution in [1.82, 2.24) is 29.7 Å². The average molecular weight is 562 g/mol. The van der Waals surface area contributed by atoms with Gasteiger partial charge in [-0.2, -0.15) is 0 Å². The lowest BCUT2D eigenvalue weighted by atomic mass is 9.93. The molecule has 0 unspecified atom stereocenters. The number of carbonyl (C=O) groups is 1. The number of likely N-dealkylation sites (N-methyl/N-ethyl adjacent to an activating group) is 1. The molecule has 0 radical (unpaired) electrons. The number of nitrogens with two attached hydrogens (primary N) is 1. The summed E-state index contributed by atoms with van der Waals surface area (Å²) >= 11 is 5.17. The summed E-state index contributed by atoms with van der Waals surface area (Å²) in [6, 6.07) is 3.72. The van der Waals surface area contributed by atoms with Crippen LogP contribution < -0.4 is 20.5 Å². The van der Waals surface area contributed by atoms with Gasteiger partial charge in [0.1, 0.15) is 6.33 Å². The third-order valence-electron chi connectivity index (χ3n) is 6.64. The Morgan fingerprint density at radius 2 is 2.03 bits per heavy atom. The van der Waals surface area contributed by atoms with Gasteiger partial charge in [-0.25, -0.2) is 15.0 Å². The number of aromatic nitrogens is 4. The van der Waals surface area contributed by atoms with Gasteiger partial charge >= 0.3 is 0 Å². The van der Waals surface area contributed by atoms with E-state index in [1.807, 2.05) is 31.0 Å². The molecule has 0 bridgehead atoms. The Morgan fingerprint density at radius 1 is 1.29 bits per heavy atom. The molecule has 10 nitrogen and oxygen atoms in total. The smallest absolute Gasteiger partial charge is 0.239 e. The Kier molecular flexibility index (Phi) is 7.03. The molecule has 2 aromatic heterocycles. The highest BCUT2D eigenvalue weighted by molar-refractivity contribution is 9.10. The first-order valence-electron chi connectivity index (χ1n) is 11.6. The molecule has 1 amide bonds. The Labute approximate surface area is 216 Å². The van der Waals surface area contributed by atoms with Crippen LogP contribution in [0.1, 0.15) is 26.2 Å². The van der Waals surface area contributed by atoms with Crippen LogP contribution in [0.25, 0.3) is 11.2 Å². The summed E-state index contributed by atoms with van der Waals surface area (Å²) < 4.78 is 14.1. The van der Waals surface area contributed by atoms with E-state index in [1.54, 1.807) is 0 Å². The first-order chi connectivity index (χ1) is 16.9. The summed E-state index contributed by atoms with van der Waals surface area (Å²) in [7, 11) is 1.82. The Hall–Kier alpha value is -2.57. The quantitative estimate of drug-likeness (QED) is 0.447. The summed E-state index contributed by atoms with van der Waals surface area (Å²) in [4.78, 5) is 28.8. The van der Waals surface area contributed by atoms with E-state index >= 15 is 0 Å². The third kappa shape index (κ3) is 4.91. The van der Waals surface area contributed by atoms with Gasteiger partial charge in [0.05, 0.1) is 6.04 Å². The number of amides is 1. The van der Waals surface area contributed by atoms with Crippen LogP contribution in [0.2, 0.25) is 0 Å². The maximum atomic E-state index is 12.5. The number of hydrogen-bond acceptors (Lipinski definition) is 9. The number of benzene rings is 1. The van der Waals surface area contributed by atoms with Crippen LogP contribution >= 0.6 is 27.7 Å².